The van der Waals surface area contributed by atoms with Crippen molar-refractivity contribution in [2.45, 2.75) is 5.16 Å². The van der Waals surface area contributed by atoms with Crippen molar-refractivity contribution >= 4 is 52.5 Å². The summed E-state index contributed by atoms with van der Waals surface area (Å²) in [5.41, 5.74) is 4.32. The molecule has 0 unspecified atom stereocenters. The number of thioether (sulfide) groups is 1. The summed E-state index contributed by atoms with van der Waals surface area (Å²) in [5, 5.41) is 5.15. The van der Waals surface area contributed by atoms with Gasteiger partial charge in [0, 0.05) is 0 Å². The molecule has 3 aromatic carbocycles. The molecule has 1 amide bonds. The number of allylic oxidation sites excluding steroid dienone is 1. The van der Waals surface area contributed by atoms with Crippen molar-refractivity contribution in [2.75, 3.05) is 12.9 Å². The van der Waals surface area contributed by atoms with Crippen molar-refractivity contribution in [1.82, 2.24) is 15.0 Å². The van der Waals surface area contributed by atoms with Gasteiger partial charge in [-0.1, -0.05) is 65.8 Å². The third-order valence-electron chi connectivity index (χ3n) is 4.89. The van der Waals surface area contributed by atoms with E-state index in [4.69, 9.17) is 16.3 Å². The molecule has 0 aliphatic carbocycles. The van der Waals surface area contributed by atoms with Crippen LogP contribution in [0.2, 0.25) is 0 Å². The van der Waals surface area contributed by atoms with E-state index in [-0.39, 0.29) is 17.2 Å². The molecule has 1 aromatic heterocycles. The topological polar surface area (TPSA) is 85.6 Å². The molecule has 0 aliphatic rings. The largest absolute Gasteiger partial charge is 0.497 e. The molecule has 4 aromatic rings. The van der Waals surface area contributed by atoms with Crippen LogP contribution in [0.3, 0.4) is 0 Å². The molecule has 4 rings (SSSR count). The zero-order chi connectivity index (χ0) is 24.6. The second-order valence-corrected chi connectivity index (χ2v) is 8.65. The van der Waals surface area contributed by atoms with E-state index < -0.39 is 0 Å². The number of rotatable bonds is 8. The summed E-state index contributed by atoms with van der Waals surface area (Å²) in [5.74, 6) is 0.305. The van der Waals surface area contributed by atoms with Crippen LogP contribution < -0.4 is 15.7 Å². The summed E-state index contributed by atoms with van der Waals surface area (Å²) in [7, 11) is 1.58. The Labute approximate surface area is 211 Å². The molecule has 1 heterocycles. The van der Waals surface area contributed by atoms with Crippen LogP contribution in [-0.4, -0.2) is 34.5 Å². The Kier molecular flexibility index (Phi) is 7.97. The normalized spacial score (nSPS) is 11.7. The lowest BCUT2D eigenvalue weighted by Crippen LogP contribution is -2.24. The first kappa shape index (κ1) is 24.3. The Morgan fingerprint density at radius 3 is 2.54 bits per heavy atom. The Balaban J connectivity index is 1.51. The molecule has 0 saturated carbocycles. The monoisotopic (exact) mass is 504 g/mol. The molecule has 7 nitrogen and oxygen atoms in total. The maximum atomic E-state index is 13.3. The molecule has 0 atom stereocenters. The number of ether oxygens (including phenoxy) is 1. The van der Waals surface area contributed by atoms with Gasteiger partial charge < -0.3 is 4.74 Å². The van der Waals surface area contributed by atoms with Gasteiger partial charge in [-0.05, 0) is 48.0 Å². The molecule has 0 aliphatic heterocycles. The van der Waals surface area contributed by atoms with E-state index in [9.17, 15) is 9.59 Å². The first-order valence-corrected chi connectivity index (χ1v) is 11.9. The Hall–Kier alpha value is -3.88. The van der Waals surface area contributed by atoms with Crippen molar-refractivity contribution < 1.29 is 9.53 Å². The van der Waals surface area contributed by atoms with Crippen LogP contribution in [0.4, 0.5) is 0 Å². The maximum Gasteiger partial charge on any atom is 0.266 e. The number of carbonyl (C=O) groups excluding carboxylic acids is 1. The van der Waals surface area contributed by atoms with E-state index in [2.05, 4.69) is 15.5 Å². The van der Waals surface area contributed by atoms with Crippen LogP contribution in [-0.2, 0) is 4.79 Å². The van der Waals surface area contributed by atoms with Gasteiger partial charge in [0.1, 0.15) is 5.75 Å². The van der Waals surface area contributed by atoms with Gasteiger partial charge in [-0.25, -0.2) is 10.4 Å². The van der Waals surface area contributed by atoms with Crippen LogP contribution >= 0.6 is 23.4 Å². The van der Waals surface area contributed by atoms with Crippen molar-refractivity contribution in [1.29, 1.82) is 0 Å². The summed E-state index contributed by atoms with van der Waals surface area (Å²) in [6, 6.07) is 23.7. The number of hydrazone groups is 1. The van der Waals surface area contributed by atoms with Crippen LogP contribution in [0.25, 0.3) is 22.7 Å². The van der Waals surface area contributed by atoms with Crippen LogP contribution in [0.5, 0.6) is 5.75 Å². The fraction of sp³-hybridized carbons (Fsp3) is 0.0769. The standard InChI is InChI=1S/C26H21ClN4O3S/c1-34-21-13-11-20(12-14-21)31-25(33)22-9-5-6-10-23(22)29-26(31)35-17-24(32)30-28-16-19(27)15-18-7-3-2-4-8-18/h2-16H,17H2,1H3,(H,30,32)/b19-15-,28-16+. The van der Waals surface area contributed by atoms with Crippen molar-refractivity contribution in [3.05, 3.63) is 99.8 Å². The number of hydrogen-bond acceptors (Lipinski definition) is 6. The number of carbonyl (C=O) groups is 1. The van der Waals surface area contributed by atoms with Gasteiger partial charge in [-0.2, -0.15) is 5.10 Å². The molecule has 0 saturated heterocycles. The minimum Gasteiger partial charge on any atom is -0.497 e. The van der Waals surface area contributed by atoms with Gasteiger partial charge in [0.25, 0.3) is 11.5 Å². The first-order chi connectivity index (χ1) is 17.0. The molecule has 9 heteroatoms. The number of fused-ring (bicyclic) bond motifs is 1. The molecule has 1 N–H and O–H groups in total. The number of para-hydroxylation sites is 1. The highest BCUT2D eigenvalue weighted by Gasteiger charge is 2.15. The molecule has 0 spiro atoms. The number of methoxy groups -OCH3 is 1. The van der Waals surface area contributed by atoms with Gasteiger partial charge >= 0.3 is 0 Å². The molecular formula is C26H21ClN4O3S. The van der Waals surface area contributed by atoms with Crippen molar-refractivity contribution in [2.24, 2.45) is 5.10 Å². The zero-order valence-corrected chi connectivity index (χ0v) is 20.3. The zero-order valence-electron chi connectivity index (χ0n) is 18.7. The van der Waals surface area contributed by atoms with Crippen molar-refractivity contribution in [3.63, 3.8) is 0 Å². The van der Waals surface area contributed by atoms with Crippen LogP contribution in [0, 0.1) is 0 Å². The first-order valence-electron chi connectivity index (χ1n) is 10.6. The lowest BCUT2D eigenvalue weighted by Gasteiger charge is -2.13. The van der Waals surface area contributed by atoms with E-state index in [0.717, 1.165) is 17.3 Å². The highest BCUT2D eigenvalue weighted by Crippen LogP contribution is 2.22. The molecule has 0 bridgehead atoms. The predicted octanol–water partition coefficient (Wildman–Crippen LogP) is 4.87. The second-order valence-electron chi connectivity index (χ2n) is 7.27. The number of benzene rings is 3. The lowest BCUT2D eigenvalue weighted by molar-refractivity contribution is -0.118. The molecule has 0 radical (unpaired) electrons. The van der Waals surface area contributed by atoms with Crippen molar-refractivity contribution in [3.8, 4) is 11.4 Å². The second kappa shape index (κ2) is 11.5. The third-order valence-corrected chi connectivity index (χ3v) is 6.03. The summed E-state index contributed by atoms with van der Waals surface area (Å²) in [6.07, 6.45) is 3.09. The molecule has 176 valence electrons. The lowest BCUT2D eigenvalue weighted by atomic mass is 10.2. The summed E-state index contributed by atoms with van der Waals surface area (Å²) in [4.78, 5) is 30.3. The van der Waals surface area contributed by atoms with E-state index in [0.29, 0.717) is 32.5 Å². The minimum atomic E-state index is -0.362. The average Bonchev–Trinajstić information content (AvgIpc) is 2.88. The van der Waals surface area contributed by atoms with Gasteiger partial charge in [0.05, 0.1) is 40.7 Å². The number of amides is 1. The van der Waals surface area contributed by atoms with E-state index in [1.807, 2.05) is 36.4 Å². The summed E-state index contributed by atoms with van der Waals surface area (Å²) in [6.45, 7) is 0. The van der Waals surface area contributed by atoms with E-state index >= 15 is 0 Å². The molecule has 0 fully saturated rings. The summed E-state index contributed by atoms with van der Waals surface area (Å²) >= 11 is 7.29. The molecule has 35 heavy (non-hydrogen) atoms. The Morgan fingerprint density at radius 1 is 1.09 bits per heavy atom. The van der Waals surface area contributed by atoms with Gasteiger partial charge in [0.15, 0.2) is 5.16 Å². The van der Waals surface area contributed by atoms with Crippen LogP contribution in [0.15, 0.2) is 98.9 Å². The molecular weight excluding hydrogens is 484 g/mol. The van der Waals surface area contributed by atoms with E-state index in [1.54, 1.807) is 55.7 Å². The number of hydrogen-bond donors (Lipinski definition) is 1. The SMILES string of the molecule is COc1ccc(-n2c(SCC(=O)N/N=C/C(Cl)=C/c3ccccc3)nc3ccccc3c2=O)cc1. The highest BCUT2D eigenvalue weighted by molar-refractivity contribution is 7.99. The smallest absolute Gasteiger partial charge is 0.266 e. The van der Waals surface area contributed by atoms with Gasteiger partial charge in [0.2, 0.25) is 0 Å². The highest BCUT2D eigenvalue weighted by atomic mass is 35.5. The Morgan fingerprint density at radius 2 is 1.80 bits per heavy atom. The number of aromatic nitrogens is 2. The fourth-order valence-electron chi connectivity index (χ4n) is 3.24. The average molecular weight is 505 g/mol. The minimum absolute atomic E-state index is 0.00169. The quantitative estimate of drug-likeness (QED) is 0.160. The van der Waals surface area contributed by atoms with E-state index in [1.165, 1.54) is 10.8 Å². The fourth-order valence-corrected chi connectivity index (χ4v) is 4.22. The number of halogens is 1. The van der Waals surface area contributed by atoms with Gasteiger partial charge in [-0.3, -0.25) is 14.2 Å². The van der Waals surface area contributed by atoms with Gasteiger partial charge in [-0.15, -0.1) is 0 Å². The third kappa shape index (κ3) is 6.17. The number of nitrogens with one attached hydrogen (secondary N) is 1. The predicted molar refractivity (Wildman–Crippen MR) is 142 cm³/mol. The van der Waals surface area contributed by atoms with Crippen LogP contribution in [0.1, 0.15) is 5.56 Å². The number of nitrogens with zero attached hydrogens (tertiary/aromatic N) is 3. The Bertz CT molecular complexity index is 1450. The maximum absolute atomic E-state index is 13.3. The summed E-state index contributed by atoms with van der Waals surface area (Å²) < 4.78 is 6.70.